The average Bonchev–Trinajstić information content (AvgIpc) is 3.17. The molecule has 0 unspecified atom stereocenters. The van der Waals surface area contributed by atoms with Gasteiger partial charge in [-0.1, -0.05) is 18.2 Å². The molecule has 0 aromatic heterocycles. The SMILES string of the molecule is O=C([C@@H]1CSCN1C(=O)c1ccccc1)N1CCCc2c(F)cc(F)cc21. The first-order chi connectivity index (χ1) is 13.1. The summed E-state index contributed by atoms with van der Waals surface area (Å²) in [5.74, 6) is -0.926. The fraction of sp³-hybridized carbons (Fsp3) is 0.300. The Morgan fingerprint density at radius 2 is 1.89 bits per heavy atom. The molecule has 2 aromatic carbocycles. The highest BCUT2D eigenvalue weighted by atomic mass is 32.2. The molecule has 0 spiro atoms. The van der Waals surface area contributed by atoms with Gasteiger partial charge in [-0.25, -0.2) is 8.78 Å². The number of hydrogen-bond acceptors (Lipinski definition) is 3. The van der Waals surface area contributed by atoms with Crippen molar-refractivity contribution in [3.63, 3.8) is 0 Å². The number of anilines is 1. The predicted molar refractivity (Wildman–Crippen MR) is 101 cm³/mol. The largest absolute Gasteiger partial charge is 0.316 e. The summed E-state index contributed by atoms with van der Waals surface area (Å²) in [4.78, 5) is 29.0. The van der Waals surface area contributed by atoms with Crippen molar-refractivity contribution in [1.82, 2.24) is 4.90 Å². The van der Waals surface area contributed by atoms with E-state index in [0.29, 0.717) is 42.1 Å². The number of carbonyl (C=O) groups excluding carboxylic acids is 2. The maximum atomic E-state index is 14.1. The Labute approximate surface area is 160 Å². The molecule has 1 saturated heterocycles. The summed E-state index contributed by atoms with van der Waals surface area (Å²) in [5, 5.41) is 0. The van der Waals surface area contributed by atoms with Gasteiger partial charge in [0.25, 0.3) is 11.8 Å². The van der Waals surface area contributed by atoms with Crippen molar-refractivity contribution in [2.75, 3.05) is 23.1 Å². The molecule has 2 aliphatic rings. The third kappa shape index (κ3) is 3.32. The number of amides is 2. The molecule has 1 atom stereocenters. The second-order valence-corrected chi connectivity index (χ2v) is 7.64. The molecule has 2 aromatic rings. The van der Waals surface area contributed by atoms with E-state index in [4.69, 9.17) is 0 Å². The van der Waals surface area contributed by atoms with Gasteiger partial charge in [0.05, 0.1) is 11.6 Å². The molecule has 0 aliphatic carbocycles. The van der Waals surface area contributed by atoms with Crippen molar-refractivity contribution in [2.24, 2.45) is 0 Å². The van der Waals surface area contributed by atoms with Gasteiger partial charge in [0.2, 0.25) is 0 Å². The van der Waals surface area contributed by atoms with Gasteiger partial charge in [0, 0.05) is 29.5 Å². The van der Waals surface area contributed by atoms with Gasteiger partial charge in [-0.3, -0.25) is 9.59 Å². The summed E-state index contributed by atoms with van der Waals surface area (Å²) < 4.78 is 27.9. The number of fused-ring (bicyclic) bond motifs is 1. The predicted octanol–water partition coefficient (Wildman–Crippen LogP) is 3.46. The van der Waals surface area contributed by atoms with Crippen LogP contribution in [0.4, 0.5) is 14.5 Å². The molecule has 4 rings (SSSR count). The van der Waals surface area contributed by atoms with E-state index in [9.17, 15) is 18.4 Å². The van der Waals surface area contributed by atoms with Gasteiger partial charge in [0.15, 0.2) is 0 Å². The number of hydrogen-bond donors (Lipinski definition) is 0. The number of nitrogens with zero attached hydrogens (tertiary/aromatic N) is 2. The lowest BCUT2D eigenvalue weighted by atomic mass is 10.00. The standard InChI is InChI=1S/C20H18F2N2O2S/c21-14-9-16(22)15-7-4-8-23(17(15)10-14)20(26)18-11-27-12-24(18)19(25)13-5-2-1-3-6-13/h1-3,5-6,9-10,18H,4,7-8,11-12H2/t18-/m0/s1. The Morgan fingerprint density at radius 1 is 1.11 bits per heavy atom. The fourth-order valence-corrected chi connectivity index (χ4v) is 4.76. The molecule has 2 heterocycles. The minimum Gasteiger partial charge on any atom is -0.316 e. The molecule has 0 radical (unpaired) electrons. The molecule has 1 fully saturated rings. The summed E-state index contributed by atoms with van der Waals surface area (Å²) >= 11 is 1.50. The number of halogens is 2. The smallest absolute Gasteiger partial charge is 0.255 e. The zero-order valence-corrected chi connectivity index (χ0v) is 15.3. The van der Waals surface area contributed by atoms with Crippen molar-refractivity contribution < 1.29 is 18.4 Å². The van der Waals surface area contributed by atoms with Crippen LogP contribution in [0.15, 0.2) is 42.5 Å². The lowest BCUT2D eigenvalue weighted by Crippen LogP contribution is -2.50. The first-order valence-corrected chi connectivity index (χ1v) is 9.95. The summed E-state index contributed by atoms with van der Waals surface area (Å²) in [5.41, 5.74) is 1.17. The van der Waals surface area contributed by atoms with Gasteiger partial charge in [-0.15, -0.1) is 11.8 Å². The summed E-state index contributed by atoms with van der Waals surface area (Å²) in [7, 11) is 0. The number of carbonyl (C=O) groups is 2. The number of thioether (sulfide) groups is 1. The number of benzene rings is 2. The van der Waals surface area contributed by atoms with Crippen molar-refractivity contribution in [3.05, 3.63) is 65.2 Å². The third-order valence-electron chi connectivity index (χ3n) is 4.95. The zero-order valence-electron chi connectivity index (χ0n) is 14.5. The molecule has 0 N–H and O–H groups in total. The maximum absolute atomic E-state index is 14.1. The van der Waals surface area contributed by atoms with Crippen LogP contribution in [0.25, 0.3) is 0 Å². The minimum atomic E-state index is -0.705. The van der Waals surface area contributed by atoms with Crippen molar-refractivity contribution in [1.29, 1.82) is 0 Å². The topological polar surface area (TPSA) is 40.6 Å². The molecule has 140 valence electrons. The Balaban J connectivity index is 1.63. The van der Waals surface area contributed by atoms with E-state index < -0.39 is 17.7 Å². The van der Waals surface area contributed by atoms with E-state index in [1.54, 1.807) is 29.2 Å². The zero-order chi connectivity index (χ0) is 19.0. The van der Waals surface area contributed by atoms with E-state index in [2.05, 4.69) is 0 Å². The van der Waals surface area contributed by atoms with E-state index in [0.717, 1.165) is 6.07 Å². The molecular weight excluding hydrogens is 370 g/mol. The van der Waals surface area contributed by atoms with Crippen molar-refractivity contribution >= 4 is 29.3 Å². The van der Waals surface area contributed by atoms with Crippen LogP contribution < -0.4 is 4.90 Å². The summed E-state index contributed by atoms with van der Waals surface area (Å²) in [6, 6.07) is 10.2. The highest BCUT2D eigenvalue weighted by molar-refractivity contribution is 7.99. The van der Waals surface area contributed by atoms with Crippen LogP contribution in [0.3, 0.4) is 0 Å². The molecule has 27 heavy (non-hydrogen) atoms. The van der Waals surface area contributed by atoms with Crippen LogP contribution in [-0.2, 0) is 11.2 Å². The summed E-state index contributed by atoms with van der Waals surface area (Å²) in [6.07, 6.45) is 1.07. The van der Waals surface area contributed by atoms with Gasteiger partial charge < -0.3 is 9.80 Å². The first-order valence-electron chi connectivity index (χ1n) is 8.79. The minimum absolute atomic E-state index is 0.207. The van der Waals surface area contributed by atoms with Crippen LogP contribution in [0.5, 0.6) is 0 Å². The van der Waals surface area contributed by atoms with Crippen LogP contribution in [0.2, 0.25) is 0 Å². The van der Waals surface area contributed by atoms with E-state index in [1.165, 1.54) is 22.7 Å². The van der Waals surface area contributed by atoms with E-state index >= 15 is 0 Å². The van der Waals surface area contributed by atoms with Gasteiger partial charge >= 0.3 is 0 Å². The Bertz CT molecular complexity index is 891. The van der Waals surface area contributed by atoms with E-state index in [1.807, 2.05) is 6.07 Å². The molecule has 0 saturated carbocycles. The molecule has 7 heteroatoms. The van der Waals surface area contributed by atoms with Crippen LogP contribution in [0, 0.1) is 11.6 Å². The second-order valence-electron chi connectivity index (χ2n) is 6.64. The van der Waals surface area contributed by atoms with E-state index in [-0.39, 0.29) is 17.5 Å². The molecule has 0 bridgehead atoms. The average molecular weight is 388 g/mol. The lowest BCUT2D eigenvalue weighted by Gasteiger charge is -2.34. The Morgan fingerprint density at radius 3 is 2.67 bits per heavy atom. The van der Waals surface area contributed by atoms with Crippen molar-refractivity contribution in [3.8, 4) is 0 Å². The van der Waals surface area contributed by atoms with Crippen LogP contribution >= 0.6 is 11.8 Å². The maximum Gasteiger partial charge on any atom is 0.255 e. The Kier molecular flexibility index (Phi) is 4.86. The quantitative estimate of drug-likeness (QED) is 0.791. The molecule has 2 aliphatic heterocycles. The highest BCUT2D eigenvalue weighted by Crippen LogP contribution is 2.33. The van der Waals surface area contributed by atoms with Gasteiger partial charge in [-0.05, 0) is 31.0 Å². The molecule has 2 amide bonds. The highest BCUT2D eigenvalue weighted by Gasteiger charge is 2.39. The van der Waals surface area contributed by atoms with Crippen LogP contribution in [-0.4, -0.2) is 40.9 Å². The van der Waals surface area contributed by atoms with Crippen LogP contribution in [0.1, 0.15) is 22.3 Å². The molecule has 4 nitrogen and oxygen atoms in total. The number of rotatable bonds is 2. The van der Waals surface area contributed by atoms with Crippen molar-refractivity contribution in [2.45, 2.75) is 18.9 Å². The fourth-order valence-electron chi connectivity index (χ4n) is 3.62. The first kappa shape index (κ1) is 18.0. The summed E-state index contributed by atoms with van der Waals surface area (Å²) in [6.45, 7) is 0.392. The lowest BCUT2D eigenvalue weighted by molar-refractivity contribution is -0.122. The molecular formula is C20H18F2N2O2S. The second kappa shape index (κ2) is 7.31. The third-order valence-corrected chi connectivity index (χ3v) is 5.96. The Hall–Kier alpha value is -2.41. The normalized spacial score (nSPS) is 19.1. The van der Waals surface area contributed by atoms with Gasteiger partial charge in [0.1, 0.15) is 17.7 Å². The van der Waals surface area contributed by atoms with Gasteiger partial charge in [-0.2, -0.15) is 0 Å². The monoisotopic (exact) mass is 388 g/mol.